The van der Waals surface area contributed by atoms with E-state index in [1.165, 1.54) is 0 Å². The van der Waals surface area contributed by atoms with Gasteiger partial charge in [0.15, 0.2) is 5.65 Å². The van der Waals surface area contributed by atoms with Crippen molar-refractivity contribution in [3.05, 3.63) is 72.7 Å². The molecule has 7 heteroatoms. The van der Waals surface area contributed by atoms with Crippen LogP contribution in [0.3, 0.4) is 0 Å². The van der Waals surface area contributed by atoms with Crippen molar-refractivity contribution in [1.29, 1.82) is 5.41 Å². The van der Waals surface area contributed by atoms with Crippen molar-refractivity contribution in [2.75, 3.05) is 23.4 Å². The first kappa shape index (κ1) is 18.3. The highest BCUT2D eigenvalue weighted by molar-refractivity contribution is 5.97. The maximum Gasteiger partial charge on any atom is 0.154 e. The van der Waals surface area contributed by atoms with Crippen molar-refractivity contribution in [3.8, 4) is 11.3 Å². The summed E-state index contributed by atoms with van der Waals surface area (Å²) in [6.07, 6.45) is 7.42. The van der Waals surface area contributed by atoms with E-state index in [2.05, 4.69) is 50.1 Å². The van der Waals surface area contributed by atoms with E-state index in [0.717, 1.165) is 59.9 Å². The van der Waals surface area contributed by atoms with Crippen molar-refractivity contribution in [2.24, 2.45) is 0 Å². The van der Waals surface area contributed by atoms with Crippen LogP contribution in [0.2, 0.25) is 0 Å². The molecule has 1 N–H and O–H groups in total. The van der Waals surface area contributed by atoms with Gasteiger partial charge in [0.1, 0.15) is 11.7 Å². The van der Waals surface area contributed by atoms with Crippen molar-refractivity contribution in [3.63, 3.8) is 0 Å². The molecule has 0 spiro atoms. The Labute approximate surface area is 175 Å². The summed E-state index contributed by atoms with van der Waals surface area (Å²) in [7, 11) is 2.03. The van der Waals surface area contributed by atoms with Gasteiger partial charge in [0, 0.05) is 50.2 Å². The summed E-state index contributed by atoms with van der Waals surface area (Å²) in [5, 5.41) is 12.9. The van der Waals surface area contributed by atoms with Gasteiger partial charge in [-0.25, -0.2) is 9.50 Å². The molecular formula is C23H23N7. The van der Waals surface area contributed by atoms with Gasteiger partial charge in [0.2, 0.25) is 0 Å². The van der Waals surface area contributed by atoms with Crippen molar-refractivity contribution >= 4 is 23.0 Å². The number of amidine groups is 1. The predicted molar refractivity (Wildman–Crippen MR) is 119 cm³/mol. The summed E-state index contributed by atoms with van der Waals surface area (Å²) in [6, 6.07) is 16.3. The smallest absolute Gasteiger partial charge is 0.154 e. The number of imidazole rings is 1. The molecule has 1 aromatic carbocycles. The molecular weight excluding hydrogens is 374 g/mol. The van der Waals surface area contributed by atoms with Crippen LogP contribution in [0, 0.1) is 5.41 Å². The minimum absolute atomic E-state index is 0.695. The van der Waals surface area contributed by atoms with E-state index in [1.54, 1.807) is 6.20 Å². The molecule has 0 atom stereocenters. The van der Waals surface area contributed by atoms with Gasteiger partial charge >= 0.3 is 0 Å². The molecule has 7 nitrogen and oxygen atoms in total. The lowest BCUT2D eigenvalue weighted by atomic mass is 10.1. The third kappa shape index (κ3) is 3.39. The lowest BCUT2D eigenvalue weighted by molar-refractivity contribution is 0.841. The monoisotopic (exact) mass is 397 g/mol. The third-order valence-electron chi connectivity index (χ3n) is 5.48. The largest absolute Gasteiger partial charge is 0.354 e. The van der Waals surface area contributed by atoms with Gasteiger partial charge in [0.25, 0.3) is 0 Å². The Balaban J connectivity index is 1.43. The zero-order valence-electron chi connectivity index (χ0n) is 16.9. The molecule has 0 bridgehead atoms. The second kappa shape index (κ2) is 7.59. The zero-order valence-corrected chi connectivity index (χ0v) is 16.9. The number of anilines is 2. The van der Waals surface area contributed by atoms with E-state index in [-0.39, 0.29) is 0 Å². The molecule has 1 saturated heterocycles. The molecule has 0 amide bonds. The van der Waals surface area contributed by atoms with Gasteiger partial charge in [0.05, 0.1) is 11.9 Å². The summed E-state index contributed by atoms with van der Waals surface area (Å²) in [5.41, 5.74) is 5.02. The molecule has 0 radical (unpaired) electrons. The minimum atomic E-state index is 0.695. The zero-order chi connectivity index (χ0) is 20.5. The van der Waals surface area contributed by atoms with Crippen LogP contribution in [-0.4, -0.2) is 39.0 Å². The number of aromatic nitrogens is 4. The summed E-state index contributed by atoms with van der Waals surface area (Å²) in [5.74, 6) is 1.56. The third-order valence-corrected chi connectivity index (χ3v) is 5.48. The molecule has 4 aromatic rings. The Morgan fingerprint density at radius 3 is 2.67 bits per heavy atom. The number of rotatable bonds is 5. The summed E-state index contributed by atoms with van der Waals surface area (Å²) in [6.45, 7) is 1.65. The second-order valence-electron chi connectivity index (χ2n) is 7.57. The van der Waals surface area contributed by atoms with Gasteiger partial charge in [-0.15, -0.1) is 5.10 Å². The van der Waals surface area contributed by atoms with Gasteiger partial charge in [-0.3, -0.25) is 10.4 Å². The Hall–Kier alpha value is -3.74. The molecule has 0 saturated carbocycles. The number of nitrogens with one attached hydrogen (secondary N) is 1. The van der Waals surface area contributed by atoms with Crippen LogP contribution in [0.5, 0.6) is 0 Å². The lowest BCUT2D eigenvalue weighted by Gasteiger charge is -2.19. The topological polar surface area (TPSA) is 73.4 Å². The first-order chi connectivity index (χ1) is 14.7. The summed E-state index contributed by atoms with van der Waals surface area (Å²) < 4.78 is 1.89. The van der Waals surface area contributed by atoms with Crippen molar-refractivity contribution in [2.45, 2.75) is 19.4 Å². The van der Waals surface area contributed by atoms with E-state index < -0.39 is 0 Å². The quantitative estimate of drug-likeness (QED) is 0.551. The van der Waals surface area contributed by atoms with Gasteiger partial charge in [-0.2, -0.15) is 0 Å². The molecule has 3 aromatic heterocycles. The molecule has 30 heavy (non-hydrogen) atoms. The maximum atomic E-state index is 8.08. The fourth-order valence-corrected chi connectivity index (χ4v) is 3.88. The predicted octanol–water partition coefficient (Wildman–Crippen LogP) is 4.01. The average molecular weight is 397 g/mol. The number of hydrogen-bond acceptors (Lipinski definition) is 5. The average Bonchev–Trinajstić information content (AvgIpc) is 3.40. The van der Waals surface area contributed by atoms with E-state index >= 15 is 0 Å². The van der Waals surface area contributed by atoms with E-state index in [4.69, 9.17) is 10.5 Å². The molecule has 0 unspecified atom stereocenters. The molecule has 150 valence electrons. The van der Waals surface area contributed by atoms with E-state index in [0.29, 0.717) is 5.84 Å². The number of fused-ring (bicyclic) bond motifs is 1. The molecule has 0 aliphatic carbocycles. The van der Waals surface area contributed by atoms with Crippen LogP contribution in [0.1, 0.15) is 18.4 Å². The first-order valence-corrected chi connectivity index (χ1v) is 10.1. The fraction of sp³-hybridized carbons (Fsp3) is 0.217. The maximum absolute atomic E-state index is 8.08. The number of hydrogen-bond donors (Lipinski definition) is 1. The molecule has 4 heterocycles. The van der Waals surface area contributed by atoms with Gasteiger partial charge in [-0.1, -0.05) is 18.2 Å². The number of nitrogens with zero attached hydrogens (tertiary/aromatic N) is 6. The summed E-state index contributed by atoms with van der Waals surface area (Å²) in [4.78, 5) is 12.9. The highest BCUT2D eigenvalue weighted by atomic mass is 15.3. The summed E-state index contributed by atoms with van der Waals surface area (Å²) >= 11 is 0. The number of benzene rings is 1. The van der Waals surface area contributed by atoms with Crippen LogP contribution in [0.25, 0.3) is 16.9 Å². The standard InChI is InChI=1S/C23H23N7/c1-28(16-17-4-2-12-25-14-17)23-11-10-22-26-15-20(30(22)27-23)18-6-8-19(9-7-18)29-13-3-5-21(29)24/h2,4,6-12,14-15,24H,3,5,13,16H2,1H3. The second-order valence-corrected chi connectivity index (χ2v) is 7.57. The lowest BCUT2D eigenvalue weighted by Crippen LogP contribution is -2.22. The van der Waals surface area contributed by atoms with Gasteiger partial charge < -0.3 is 9.80 Å². The Morgan fingerprint density at radius 1 is 1.07 bits per heavy atom. The van der Waals surface area contributed by atoms with Crippen LogP contribution in [-0.2, 0) is 6.54 Å². The minimum Gasteiger partial charge on any atom is -0.354 e. The molecule has 1 fully saturated rings. The van der Waals surface area contributed by atoms with Crippen LogP contribution in [0.15, 0.2) is 67.1 Å². The van der Waals surface area contributed by atoms with Crippen LogP contribution < -0.4 is 9.80 Å². The Bertz CT molecular complexity index is 1180. The van der Waals surface area contributed by atoms with Crippen molar-refractivity contribution in [1.82, 2.24) is 19.6 Å². The number of pyridine rings is 1. The Morgan fingerprint density at radius 2 is 1.93 bits per heavy atom. The molecule has 1 aliphatic heterocycles. The fourth-order valence-electron chi connectivity index (χ4n) is 3.88. The normalized spacial score (nSPS) is 13.9. The van der Waals surface area contributed by atoms with E-state index in [9.17, 15) is 0 Å². The molecule has 1 aliphatic rings. The molecule has 5 rings (SSSR count). The van der Waals surface area contributed by atoms with Gasteiger partial charge in [-0.05, 0) is 42.3 Å². The van der Waals surface area contributed by atoms with Crippen LogP contribution in [0.4, 0.5) is 11.5 Å². The highest BCUT2D eigenvalue weighted by Crippen LogP contribution is 2.27. The van der Waals surface area contributed by atoms with Crippen molar-refractivity contribution < 1.29 is 0 Å². The highest BCUT2D eigenvalue weighted by Gasteiger charge is 2.18. The van der Waals surface area contributed by atoms with Crippen LogP contribution >= 0.6 is 0 Å². The van der Waals surface area contributed by atoms with E-state index in [1.807, 2.05) is 42.2 Å². The first-order valence-electron chi connectivity index (χ1n) is 10.1. The Kier molecular flexibility index (Phi) is 4.63. The SMILES string of the molecule is CN(Cc1cccnc1)c1ccc2ncc(-c3ccc(N4CCCC4=N)cc3)n2n1.